The molecular formula is C22H21N3O4. The lowest BCUT2D eigenvalue weighted by atomic mass is 10.1. The highest BCUT2D eigenvalue weighted by Crippen LogP contribution is 2.26. The van der Waals surface area contributed by atoms with E-state index in [9.17, 15) is 14.9 Å². The number of benzene rings is 2. The number of para-hydroxylation sites is 2. The van der Waals surface area contributed by atoms with Crippen LogP contribution < -0.4 is 9.64 Å². The fourth-order valence-electron chi connectivity index (χ4n) is 2.82. The first kappa shape index (κ1) is 20.0. The van der Waals surface area contributed by atoms with E-state index in [2.05, 4.69) is 11.9 Å². The van der Waals surface area contributed by atoms with Gasteiger partial charge in [-0.2, -0.15) is 0 Å². The largest absolute Gasteiger partial charge is 0.477 e. The number of pyridine rings is 1. The zero-order valence-corrected chi connectivity index (χ0v) is 16.0. The molecule has 3 rings (SSSR count). The first-order valence-electron chi connectivity index (χ1n) is 9.24. The molecule has 148 valence electrons. The third kappa shape index (κ3) is 5.16. The summed E-state index contributed by atoms with van der Waals surface area (Å²) in [5.74, 6) is 0.198. The summed E-state index contributed by atoms with van der Waals surface area (Å²) in [6, 6.07) is 19.3. The fraction of sp³-hybridized carbons (Fsp3) is 0.182. The number of amides is 1. The van der Waals surface area contributed by atoms with E-state index < -0.39 is 4.92 Å². The SMILES string of the molecule is CCc1ccc(CN(C(=O)COc2ccccc2[N+](=O)[O-])c2ccccn2)cc1. The van der Waals surface area contributed by atoms with Gasteiger partial charge in [-0.05, 0) is 35.7 Å². The van der Waals surface area contributed by atoms with Gasteiger partial charge in [-0.3, -0.25) is 19.8 Å². The molecular weight excluding hydrogens is 370 g/mol. The van der Waals surface area contributed by atoms with E-state index in [0.717, 1.165) is 12.0 Å². The van der Waals surface area contributed by atoms with E-state index in [-0.39, 0.29) is 24.0 Å². The summed E-state index contributed by atoms with van der Waals surface area (Å²) in [5.41, 5.74) is 1.98. The Bertz CT molecular complexity index is 975. The molecule has 3 aromatic rings. The number of nitro benzene ring substituents is 1. The van der Waals surface area contributed by atoms with Crippen molar-refractivity contribution in [1.29, 1.82) is 0 Å². The molecule has 29 heavy (non-hydrogen) atoms. The monoisotopic (exact) mass is 391 g/mol. The second-order valence-electron chi connectivity index (χ2n) is 6.35. The zero-order valence-electron chi connectivity index (χ0n) is 16.0. The van der Waals surface area contributed by atoms with Crippen molar-refractivity contribution in [3.05, 3.63) is 94.2 Å². The molecule has 0 spiro atoms. The molecule has 0 aliphatic carbocycles. The van der Waals surface area contributed by atoms with Crippen molar-refractivity contribution in [2.24, 2.45) is 0 Å². The van der Waals surface area contributed by atoms with E-state index >= 15 is 0 Å². The Balaban J connectivity index is 1.78. The number of carbonyl (C=O) groups is 1. The number of aryl methyl sites for hydroxylation is 1. The molecule has 2 aromatic carbocycles. The van der Waals surface area contributed by atoms with Gasteiger partial charge in [0.25, 0.3) is 5.91 Å². The smallest absolute Gasteiger partial charge is 0.310 e. The third-order valence-corrected chi connectivity index (χ3v) is 4.41. The first-order chi connectivity index (χ1) is 14.1. The molecule has 0 aliphatic rings. The van der Waals surface area contributed by atoms with Gasteiger partial charge in [0.15, 0.2) is 12.4 Å². The van der Waals surface area contributed by atoms with Gasteiger partial charge in [-0.1, -0.05) is 49.4 Å². The quantitative estimate of drug-likeness (QED) is 0.425. The summed E-state index contributed by atoms with van der Waals surface area (Å²) in [6.45, 7) is 2.06. The van der Waals surface area contributed by atoms with Crippen LogP contribution in [0.15, 0.2) is 72.9 Å². The standard InChI is InChI=1S/C22H21N3O4/c1-2-17-10-12-18(13-11-17)15-24(21-9-5-6-14-23-21)22(26)16-29-20-8-4-3-7-19(20)25(27)28/h3-14H,2,15-16H2,1H3. The molecule has 1 heterocycles. The molecule has 0 radical (unpaired) electrons. The topological polar surface area (TPSA) is 85.6 Å². The zero-order chi connectivity index (χ0) is 20.6. The van der Waals surface area contributed by atoms with Gasteiger partial charge in [-0.15, -0.1) is 0 Å². The van der Waals surface area contributed by atoms with Gasteiger partial charge in [0.05, 0.1) is 11.5 Å². The van der Waals surface area contributed by atoms with Crippen LogP contribution in [0.1, 0.15) is 18.1 Å². The molecule has 0 fully saturated rings. The van der Waals surface area contributed by atoms with Gasteiger partial charge in [0.2, 0.25) is 0 Å². The molecule has 7 nitrogen and oxygen atoms in total. The number of carbonyl (C=O) groups excluding carboxylic acids is 1. The number of hydrogen-bond donors (Lipinski definition) is 0. The number of nitro groups is 1. The third-order valence-electron chi connectivity index (χ3n) is 4.41. The Morgan fingerprint density at radius 2 is 1.72 bits per heavy atom. The first-order valence-corrected chi connectivity index (χ1v) is 9.24. The maximum absolute atomic E-state index is 12.9. The van der Waals surface area contributed by atoms with Crippen LogP contribution in [0.4, 0.5) is 11.5 Å². The highest BCUT2D eigenvalue weighted by molar-refractivity contribution is 5.93. The summed E-state index contributed by atoms with van der Waals surface area (Å²) in [6.07, 6.45) is 2.55. The Morgan fingerprint density at radius 3 is 2.38 bits per heavy atom. The van der Waals surface area contributed by atoms with E-state index in [0.29, 0.717) is 12.4 Å². The number of nitrogens with zero attached hydrogens (tertiary/aromatic N) is 3. The van der Waals surface area contributed by atoms with Crippen molar-refractivity contribution < 1.29 is 14.5 Å². The predicted molar refractivity (Wildman–Crippen MR) is 110 cm³/mol. The highest BCUT2D eigenvalue weighted by atomic mass is 16.6. The minimum atomic E-state index is -0.536. The van der Waals surface area contributed by atoms with Crippen LogP contribution in [-0.4, -0.2) is 22.4 Å². The molecule has 0 atom stereocenters. The van der Waals surface area contributed by atoms with Crippen molar-refractivity contribution in [3.63, 3.8) is 0 Å². The second-order valence-corrected chi connectivity index (χ2v) is 6.35. The van der Waals surface area contributed by atoms with Crippen LogP contribution in [0.25, 0.3) is 0 Å². The Hall–Kier alpha value is -3.74. The molecule has 0 saturated carbocycles. The number of ether oxygens (including phenoxy) is 1. The summed E-state index contributed by atoms with van der Waals surface area (Å²) in [4.78, 5) is 29.3. The second kappa shape index (κ2) is 9.45. The van der Waals surface area contributed by atoms with Crippen LogP contribution in [-0.2, 0) is 17.8 Å². The molecule has 0 unspecified atom stereocenters. The highest BCUT2D eigenvalue weighted by Gasteiger charge is 2.20. The summed E-state index contributed by atoms with van der Waals surface area (Å²) >= 11 is 0. The Morgan fingerprint density at radius 1 is 1.03 bits per heavy atom. The molecule has 0 saturated heterocycles. The van der Waals surface area contributed by atoms with Gasteiger partial charge >= 0.3 is 5.69 Å². The van der Waals surface area contributed by atoms with Gasteiger partial charge < -0.3 is 4.74 Å². The number of rotatable bonds is 8. The van der Waals surface area contributed by atoms with E-state index in [1.165, 1.54) is 22.6 Å². The molecule has 0 aliphatic heterocycles. The van der Waals surface area contributed by atoms with Crippen LogP contribution in [0.3, 0.4) is 0 Å². The van der Waals surface area contributed by atoms with Crippen molar-refractivity contribution in [1.82, 2.24) is 4.98 Å². The summed E-state index contributed by atoms with van der Waals surface area (Å²) in [7, 11) is 0. The average molecular weight is 391 g/mol. The maximum Gasteiger partial charge on any atom is 0.310 e. The fourth-order valence-corrected chi connectivity index (χ4v) is 2.82. The number of aromatic nitrogens is 1. The maximum atomic E-state index is 12.9. The Kier molecular flexibility index (Phi) is 6.52. The minimum Gasteiger partial charge on any atom is -0.477 e. The number of anilines is 1. The minimum absolute atomic E-state index is 0.0547. The molecule has 0 N–H and O–H groups in total. The van der Waals surface area contributed by atoms with Crippen LogP contribution in [0, 0.1) is 10.1 Å². The summed E-state index contributed by atoms with van der Waals surface area (Å²) in [5, 5.41) is 11.1. The van der Waals surface area contributed by atoms with Crippen LogP contribution in [0.5, 0.6) is 5.75 Å². The van der Waals surface area contributed by atoms with E-state index in [4.69, 9.17) is 4.74 Å². The van der Waals surface area contributed by atoms with Crippen molar-refractivity contribution in [3.8, 4) is 5.75 Å². The van der Waals surface area contributed by atoms with Crippen LogP contribution in [0.2, 0.25) is 0 Å². The van der Waals surface area contributed by atoms with Crippen LogP contribution >= 0.6 is 0 Å². The van der Waals surface area contributed by atoms with Crippen molar-refractivity contribution >= 4 is 17.4 Å². The molecule has 7 heteroatoms. The lowest BCUT2D eigenvalue weighted by molar-refractivity contribution is -0.385. The van der Waals surface area contributed by atoms with Gasteiger partial charge in [-0.25, -0.2) is 4.98 Å². The number of hydrogen-bond acceptors (Lipinski definition) is 5. The van der Waals surface area contributed by atoms with Crippen molar-refractivity contribution in [2.45, 2.75) is 19.9 Å². The Labute approximate surface area is 168 Å². The van der Waals surface area contributed by atoms with Crippen molar-refractivity contribution in [2.75, 3.05) is 11.5 Å². The van der Waals surface area contributed by atoms with E-state index in [1.807, 2.05) is 24.3 Å². The van der Waals surface area contributed by atoms with E-state index in [1.54, 1.807) is 36.5 Å². The summed E-state index contributed by atoms with van der Waals surface area (Å²) < 4.78 is 5.48. The molecule has 0 bridgehead atoms. The van der Waals surface area contributed by atoms with Gasteiger partial charge in [0, 0.05) is 12.3 Å². The molecule has 1 amide bonds. The predicted octanol–water partition coefficient (Wildman–Crippen LogP) is 4.16. The average Bonchev–Trinajstić information content (AvgIpc) is 2.77. The molecule has 1 aromatic heterocycles. The lowest BCUT2D eigenvalue weighted by Gasteiger charge is -2.22. The van der Waals surface area contributed by atoms with Gasteiger partial charge in [0.1, 0.15) is 5.82 Å². The normalized spacial score (nSPS) is 10.4. The lowest BCUT2D eigenvalue weighted by Crippen LogP contribution is -2.35.